The van der Waals surface area contributed by atoms with Gasteiger partial charge in [0, 0.05) is 24.8 Å². The topological polar surface area (TPSA) is 71.8 Å². The van der Waals surface area contributed by atoms with Crippen molar-refractivity contribution in [2.24, 2.45) is 0 Å². The summed E-state index contributed by atoms with van der Waals surface area (Å²) in [7, 11) is 0. The molecule has 3 aromatic rings. The molecule has 6 nitrogen and oxygen atoms in total. The Morgan fingerprint density at radius 2 is 1.89 bits per heavy atom. The van der Waals surface area contributed by atoms with E-state index in [1.807, 2.05) is 17.8 Å². The van der Waals surface area contributed by atoms with Crippen molar-refractivity contribution in [2.45, 2.75) is 57.7 Å². The van der Waals surface area contributed by atoms with E-state index in [4.69, 9.17) is 0 Å². The molecule has 6 heteroatoms. The molecule has 0 atom stereocenters. The molecule has 5 rings (SSSR count). The number of carbonyl (C=O) groups excluding carboxylic acids is 1. The molecule has 0 bridgehead atoms. The molecule has 2 N–H and O–H groups in total. The molecular weight excluding hydrogens is 350 g/mol. The number of nitrogens with zero attached hydrogens (tertiary/aromatic N) is 3. The number of amides is 1. The first-order chi connectivity index (χ1) is 13.7. The summed E-state index contributed by atoms with van der Waals surface area (Å²) in [6.07, 6.45) is 8.83. The van der Waals surface area contributed by atoms with Gasteiger partial charge in [0.2, 0.25) is 0 Å². The molecule has 144 valence electrons. The molecule has 0 spiro atoms. The predicted molar refractivity (Wildman–Crippen MR) is 110 cm³/mol. The van der Waals surface area contributed by atoms with Gasteiger partial charge in [0.1, 0.15) is 0 Å². The number of nitrogens with one attached hydrogen (secondary N) is 2. The second-order valence-electron chi connectivity index (χ2n) is 7.86. The van der Waals surface area contributed by atoms with Crippen molar-refractivity contribution in [1.82, 2.24) is 20.1 Å². The maximum absolute atomic E-state index is 13.2. The third-order valence-electron chi connectivity index (χ3n) is 6.05. The van der Waals surface area contributed by atoms with Crippen LogP contribution in [0.5, 0.6) is 0 Å². The number of pyridine rings is 1. The van der Waals surface area contributed by atoms with Gasteiger partial charge in [-0.15, -0.1) is 0 Å². The first kappa shape index (κ1) is 17.2. The Kier molecular flexibility index (Phi) is 4.26. The third-order valence-corrected chi connectivity index (χ3v) is 6.05. The van der Waals surface area contributed by atoms with Gasteiger partial charge in [-0.05, 0) is 50.2 Å². The summed E-state index contributed by atoms with van der Waals surface area (Å²) >= 11 is 0. The molecule has 2 aromatic heterocycles. The van der Waals surface area contributed by atoms with Crippen LogP contribution in [-0.4, -0.2) is 32.8 Å². The lowest BCUT2D eigenvalue weighted by molar-refractivity contribution is 0.0939. The van der Waals surface area contributed by atoms with Crippen molar-refractivity contribution in [2.75, 3.05) is 5.32 Å². The Labute approximate surface area is 164 Å². The van der Waals surface area contributed by atoms with Crippen molar-refractivity contribution in [3.05, 3.63) is 53.3 Å². The third kappa shape index (κ3) is 2.93. The van der Waals surface area contributed by atoms with Gasteiger partial charge in [0.15, 0.2) is 5.65 Å². The average Bonchev–Trinajstić information content (AvgIpc) is 3.27. The van der Waals surface area contributed by atoms with E-state index in [0.29, 0.717) is 11.6 Å². The predicted octanol–water partition coefficient (Wildman–Crippen LogP) is 3.31. The molecule has 0 saturated heterocycles. The van der Waals surface area contributed by atoms with Gasteiger partial charge < -0.3 is 10.6 Å². The smallest absolute Gasteiger partial charge is 0.255 e. The molecule has 1 amide bonds. The zero-order chi connectivity index (χ0) is 19.1. The zero-order valence-corrected chi connectivity index (χ0v) is 16.1. The SMILES string of the molecule is CCn1ncc2c(NC3CCC3)c(C(=O)NC3Cc4ccccc4C3)cnc21. The number of aromatic nitrogens is 3. The van der Waals surface area contributed by atoms with Crippen molar-refractivity contribution < 1.29 is 4.79 Å². The van der Waals surface area contributed by atoms with E-state index in [9.17, 15) is 4.79 Å². The average molecular weight is 375 g/mol. The molecule has 28 heavy (non-hydrogen) atoms. The number of hydrogen-bond donors (Lipinski definition) is 2. The number of fused-ring (bicyclic) bond motifs is 2. The zero-order valence-electron chi connectivity index (χ0n) is 16.1. The maximum Gasteiger partial charge on any atom is 0.255 e. The molecule has 1 fully saturated rings. The first-order valence-corrected chi connectivity index (χ1v) is 10.2. The van der Waals surface area contributed by atoms with Crippen LogP contribution in [0.2, 0.25) is 0 Å². The quantitative estimate of drug-likeness (QED) is 0.718. The fourth-order valence-electron chi connectivity index (χ4n) is 4.27. The van der Waals surface area contributed by atoms with Crippen molar-refractivity contribution in [3.63, 3.8) is 0 Å². The lowest BCUT2D eigenvalue weighted by Gasteiger charge is -2.28. The summed E-state index contributed by atoms with van der Waals surface area (Å²) in [5.41, 5.74) is 4.99. The molecule has 2 aliphatic carbocycles. The van der Waals surface area contributed by atoms with Crippen molar-refractivity contribution in [1.29, 1.82) is 0 Å². The van der Waals surface area contributed by atoms with Crippen LogP contribution in [0.25, 0.3) is 11.0 Å². The fraction of sp³-hybridized carbons (Fsp3) is 0.409. The molecule has 0 radical (unpaired) electrons. The van der Waals surface area contributed by atoms with Gasteiger partial charge in [-0.3, -0.25) is 4.79 Å². The first-order valence-electron chi connectivity index (χ1n) is 10.2. The lowest BCUT2D eigenvalue weighted by Crippen LogP contribution is -2.36. The highest BCUT2D eigenvalue weighted by Gasteiger charge is 2.27. The summed E-state index contributed by atoms with van der Waals surface area (Å²) < 4.78 is 1.87. The summed E-state index contributed by atoms with van der Waals surface area (Å²) in [5.74, 6) is -0.0571. The van der Waals surface area contributed by atoms with E-state index < -0.39 is 0 Å². The summed E-state index contributed by atoms with van der Waals surface area (Å²) in [6, 6.07) is 8.99. The minimum atomic E-state index is -0.0571. The van der Waals surface area contributed by atoms with E-state index in [1.165, 1.54) is 17.5 Å². The Balaban J connectivity index is 1.44. The van der Waals surface area contributed by atoms with Crippen LogP contribution in [-0.2, 0) is 19.4 Å². The van der Waals surface area contributed by atoms with Crippen LogP contribution in [0.3, 0.4) is 0 Å². The van der Waals surface area contributed by atoms with Gasteiger partial charge in [-0.2, -0.15) is 5.10 Å². The van der Waals surface area contributed by atoms with Crippen LogP contribution in [0.15, 0.2) is 36.7 Å². The van der Waals surface area contributed by atoms with Gasteiger partial charge in [0.25, 0.3) is 5.91 Å². The molecular formula is C22H25N5O. The van der Waals surface area contributed by atoms with Crippen LogP contribution >= 0.6 is 0 Å². The summed E-state index contributed by atoms with van der Waals surface area (Å²) in [6.45, 7) is 2.80. The second-order valence-corrected chi connectivity index (χ2v) is 7.86. The number of hydrogen-bond acceptors (Lipinski definition) is 4. The largest absolute Gasteiger partial charge is 0.381 e. The Hall–Kier alpha value is -2.89. The van der Waals surface area contributed by atoms with Gasteiger partial charge >= 0.3 is 0 Å². The lowest BCUT2D eigenvalue weighted by atomic mass is 9.92. The highest BCUT2D eigenvalue weighted by molar-refractivity contribution is 6.06. The van der Waals surface area contributed by atoms with Crippen LogP contribution in [0, 0.1) is 0 Å². The van der Waals surface area contributed by atoms with Crippen LogP contribution in [0.4, 0.5) is 5.69 Å². The molecule has 0 aliphatic heterocycles. The molecule has 1 aromatic carbocycles. The Bertz CT molecular complexity index is 1010. The number of carbonyl (C=O) groups is 1. The van der Waals surface area contributed by atoms with E-state index in [0.717, 1.165) is 48.9 Å². The van der Waals surface area contributed by atoms with Gasteiger partial charge in [-0.1, -0.05) is 24.3 Å². The highest BCUT2D eigenvalue weighted by atomic mass is 16.1. The minimum Gasteiger partial charge on any atom is -0.381 e. The molecule has 1 saturated carbocycles. The van der Waals surface area contributed by atoms with E-state index in [-0.39, 0.29) is 11.9 Å². The Morgan fingerprint density at radius 3 is 2.54 bits per heavy atom. The van der Waals surface area contributed by atoms with Gasteiger partial charge in [0.05, 0.1) is 22.8 Å². The highest BCUT2D eigenvalue weighted by Crippen LogP contribution is 2.31. The number of aryl methyl sites for hydroxylation is 1. The number of rotatable bonds is 5. The number of benzene rings is 1. The Morgan fingerprint density at radius 1 is 1.14 bits per heavy atom. The minimum absolute atomic E-state index is 0.0571. The standard InChI is InChI=1S/C22H25N5O/c1-2-27-21-18(13-24-27)20(25-16-8-5-9-16)19(12-23-21)22(28)26-17-10-14-6-3-4-7-15(14)11-17/h3-4,6-7,12-13,16-17H,2,5,8-11H2,1H3,(H,23,25)(H,26,28). The summed E-state index contributed by atoms with van der Waals surface area (Å²) in [4.78, 5) is 17.7. The summed E-state index contributed by atoms with van der Waals surface area (Å²) in [5, 5.41) is 12.2. The monoisotopic (exact) mass is 375 g/mol. The number of anilines is 1. The van der Waals surface area contributed by atoms with E-state index in [2.05, 4.69) is 45.0 Å². The normalized spacial score (nSPS) is 16.8. The van der Waals surface area contributed by atoms with E-state index >= 15 is 0 Å². The molecule has 2 aliphatic rings. The maximum atomic E-state index is 13.2. The van der Waals surface area contributed by atoms with Crippen molar-refractivity contribution in [3.8, 4) is 0 Å². The van der Waals surface area contributed by atoms with Crippen LogP contribution in [0.1, 0.15) is 47.7 Å². The second kappa shape index (κ2) is 6.93. The van der Waals surface area contributed by atoms with Crippen molar-refractivity contribution >= 4 is 22.6 Å². The fourth-order valence-corrected chi connectivity index (χ4v) is 4.27. The molecule has 0 unspecified atom stereocenters. The van der Waals surface area contributed by atoms with E-state index in [1.54, 1.807) is 6.20 Å². The molecule has 2 heterocycles. The van der Waals surface area contributed by atoms with Gasteiger partial charge in [-0.25, -0.2) is 9.67 Å². The van der Waals surface area contributed by atoms with Crippen LogP contribution < -0.4 is 10.6 Å².